The maximum atomic E-state index is 13.1. The molecule has 192 valence electrons. The molecule has 2 aliphatic rings. The first kappa shape index (κ1) is 27.7. The molecule has 5 N–H and O–H groups in total. The number of rotatable bonds is 9. The van der Waals surface area contributed by atoms with Gasteiger partial charge in [0.25, 0.3) is 0 Å². The minimum absolute atomic E-state index is 0.181. The Kier molecular flexibility index (Phi) is 11.0. The molecule has 3 rings (SSSR count). The van der Waals surface area contributed by atoms with Crippen molar-refractivity contribution in [2.24, 2.45) is 5.92 Å². The third kappa shape index (κ3) is 7.32. The summed E-state index contributed by atoms with van der Waals surface area (Å²) >= 11 is 7.62. The normalized spacial score (nSPS) is 34.1. The molecule has 0 bridgehead atoms. The van der Waals surface area contributed by atoms with Crippen molar-refractivity contribution in [2.75, 3.05) is 12.8 Å². The van der Waals surface area contributed by atoms with E-state index in [1.165, 1.54) is 17.3 Å². The van der Waals surface area contributed by atoms with Gasteiger partial charge in [0.2, 0.25) is 5.91 Å². The van der Waals surface area contributed by atoms with Crippen LogP contribution in [0.2, 0.25) is 0 Å². The van der Waals surface area contributed by atoms with Crippen LogP contribution in [0.25, 0.3) is 0 Å². The quantitative estimate of drug-likeness (QED) is 0.321. The zero-order valence-electron chi connectivity index (χ0n) is 20.0. The van der Waals surface area contributed by atoms with Crippen LogP contribution in [0.3, 0.4) is 0 Å². The van der Waals surface area contributed by atoms with E-state index >= 15 is 0 Å². The van der Waals surface area contributed by atoms with Crippen LogP contribution in [0.4, 0.5) is 0 Å². The highest BCUT2D eigenvalue weighted by atomic mass is 35.5. The smallest absolute Gasteiger partial charge is 0.237 e. The average Bonchev–Trinajstić information content (AvgIpc) is 3.08. The zero-order valence-corrected chi connectivity index (χ0v) is 21.5. The second-order valence-electron chi connectivity index (χ2n) is 9.51. The van der Waals surface area contributed by atoms with Crippen molar-refractivity contribution in [1.82, 2.24) is 10.6 Å². The first-order valence-electron chi connectivity index (χ1n) is 12.3. The summed E-state index contributed by atoms with van der Waals surface area (Å²) < 4.78 is 5.85. The predicted octanol–water partition coefficient (Wildman–Crippen LogP) is 2.05. The summed E-state index contributed by atoms with van der Waals surface area (Å²) in [6.07, 6.45) is 2.97. The van der Waals surface area contributed by atoms with E-state index in [0.717, 1.165) is 45.1 Å². The van der Waals surface area contributed by atoms with Crippen LogP contribution < -0.4 is 10.6 Å². The molecule has 7 nitrogen and oxygen atoms in total. The molecule has 3 unspecified atom stereocenters. The van der Waals surface area contributed by atoms with E-state index in [-0.39, 0.29) is 11.9 Å². The molecule has 1 amide bonds. The van der Waals surface area contributed by atoms with Crippen molar-refractivity contribution in [2.45, 2.75) is 92.8 Å². The van der Waals surface area contributed by atoms with Gasteiger partial charge in [-0.3, -0.25) is 4.79 Å². The van der Waals surface area contributed by atoms with Crippen LogP contribution in [0, 0.1) is 5.92 Å². The molecule has 0 aromatic heterocycles. The number of carbonyl (C=O) groups excluding carboxylic acids is 1. The van der Waals surface area contributed by atoms with E-state index in [2.05, 4.69) is 34.9 Å². The van der Waals surface area contributed by atoms with Gasteiger partial charge >= 0.3 is 0 Å². The Morgan fingerprint density at radius 1 is 1.18 bits per heavy atom. The van der Waals surface area contributed by atoms with Gasteiger partial charge in [-0.25, -0.2) is 0 Å². The van der Waals surface area contributed by atoms with Gasteiger partial charge in [-0.2, -0.15) is 0 Å². The molecule has 0 spiro atoms. The molecule has 1 aromatic carbocycles. The van der Waals surface area contributed by atoms with Gasteiger partial charge in [-0.15, -0.1) is 23.4 Å². The van der Waals surface area contributed by atoms with E-state index in [4.69, 9.17) is 16.3 Å². The number of nitrogens with one attached hydrogen (secondary N) is 2. The van der Waals surface area contributed by atoms with Crippen molar-refractivity contribution < 1.29 is 24.9 Å². The Labute approximate surface area is 212 Å². The molecule has 1 aromatic rings. The number of aryl methyl sites for hydroxylation is 1. The maximum Gasteiger partial charge on any atom is 0.237 e. The second-order valence-corrected chi connectivity index (χ2v) is 11.1. The zero-order chi connectivity index (χ0) is 24.7. The monoisotopic (exact) mass is 514 g/mol. The van der Waals surface area contributed by atoms with Gasteiger partial charge in [-0.1, -0.05) is 36.8 Å². The largest absolute Gasteiger partial charge is 0.388 e. The number of alkyl halides is 1. The number of carbonyl (C=O) groups is 1. The van der Waals surface area contributed by atoms with Gasteiger partial charge < -0.3 is 30.7 Å². The lowest BCUT2D eigenvalue weighted by Crippen LogP contribution is -2.65. The number of ether oxygens (including phenoxy) is 1. The number of hydrogen-bond acceptors (Lipinski definition) is 7. The molecule has 0 radical (unpaired) electrons. The maximum absolute atomic E-state index is 13.1. The lowest BCUT2D eigenvalue weighted by Gasteiger charge is -2.44. The Hall–Kier alpha value is -0.870. The summed E-state index contributed by atoms with van der Waals surface area (Å²) in [5.41, 5.74) is 0.645. The number of halogens is 1. The lowest BCUT2D eigenvalue weighted by molar-refractivity contribution is -0.205. The molecule has 9 heteroatoms. The van der Waals surface area contributed by atoms with Gasteiger partial charge in [0.1, 0.15) is 29.9 Å². The summed E-state index contributed by atoms with van der Waals surface area (Å²) in [6.45, 7) is 2.49. The van der Waals surface area contributed by atoms with Crippen LogP contribution in [-0.2, 0) is 16.0 Å². The van der Waals surface area contributed by atoms with Crippen LogP contribution in [0.1, 0.15) is 44.6 Å². The Bertz CT molecular complexity index is 756. The topological polar surface area (TPSA) is 111 Å². The van der Waals surface area contributed by atoms with Crippen molar-refractivity contribution in [3.05, 3.63) is 35.9 Å². The van der Waals surface area contributed by atoms with Crippen LogP contribution in [0.15, 0.2) is 30.3 Å². The molecule has 0 saturated carbocycles. The molecule has 34 heavy (non-hydrogen) atoms. The Morgan fingerprint density at radius 3 is 2.59 bits per heavy atom. The number of thioether (sulfide) groups is 1. The Balaban J connectivity index is 1.52. The number of benzene rings is 1. The highest BCUT2D eigenvalue weighted by Gasteiger charge is 2.48. The van der Waals surface area contributed by atoms with Crippen molar-refractivity contribution in [3.63, 3.8) is 0 Å². The van der Waals surface area contributed by atoms with Gasteiger partial charge in [-0.05, 0) is 63.3 Å². The van der Waals surface area contributed by atoms with Crippen molar-refractivity contribution in [3.8, 4) is 0 Å². The van der Waals surface area contributed by atoms with Gasteiger partial charge in [0.05, 0.1) is 17.5 Å². The molecular formula is C25H39ClN2O5S. The lowest BCUT2D eigenvalue weighted by atomic mass is 9.91. The first-order valence-corrected chi connectivity index (χ1v) is 14.0. The van der Waals surface area contributed by atoms with Gasteiger partial charge in [0, 0.05) is 0 Å². The molecule has 2 saturated heterocycles. The minimum Gasteiger partial charge on any atom is -0.388 e. The summed E-state index contributed by atoms with van der Waals surface area (Å²) in [5.74, 6) is 0.402. The molecule has 9 atom stereocenters. The molecule has 0 aliphatic carbocycles. The van der Waals surface area contributed by atoms with Gasteiger partial charge in [0.15, 0.2) is 0 Å². The first-order chi connectivity index (χ1) is 16.3. The summed E-state index contributed by atoms with van der Waals surface area (Å²) in [6, 6.07) is 9.45. The SMILES string of the molecule is CSC1O[C@H]([C@H](NC(=O)[C@@H]2CC[C@H](CCCc3ccccc3)CCN2)[C@H](C)Cl)C(O)C(O)[C@H]1O. The van der Waals surface area contributed by atoms with E-state index in [1.54, 1.807) is 13.2 Å². The third-order valence-corrected chi connectivity index (χ3v) is 8.17. The number of aliphatic hydroxyl groups is 3. The average molecular weight is 515 g/mol. The van der Waals surface area contributed by atoms with E-state index in [1.807, 2.05) is 6.07 Å². The fourth-order valence-electron chi connectivity index (χ4n) is 4.95. The highest BCUT2D eigenvalue weighted by Crippen LogP contribution is 2.30. The van der Waals surface area contributed by atoms with Crippen molar-refractivity contribution >= 4 is 29.3 Å². The van der Waals surface area contributed by atoms with E-state index in [0.29, 0.717) is 5.92 Å². The minimum atomic E-state index is -1.38. The molecule has 2 aliphatic heterocycles. The van der Waals surface area contributed by atoms with E-state index in [9.17, 15) is 20.1 Å². The predicted molar refractivity (Wildman–Crippen MR) is 136 cm³/mol. The van der Waals surface area contributed by atoms with Crippen molar-refractivity contribution in [1.29, 1.82) is 0 Å². The third-order valence-electron chi connectivity index (χ3n) is 7.04. The summed E-state index contributed by atoms with van der Waals surface area (Å²) in [5, 5.41) is 36.7. The Morgan fingerprint density at radius 2 is 1.91 bits per heavy atom. The fraction of sp³-hybridized carbons (Fsp3) is 0.720. The number of amides is 1. The second kappa shape index (κ2) is 13.4. The molecular weight excluding hydrogens is 476 g/mol. The standard InChI is InChI=1S/C25H39ClN2O5S/c1-15(26)19(23-21(30)20(29)22(31)25(33-23)34-2)28-24(32)18-12-11-17(13-14-27-18)10-6-9-16-7-4-3-5-8-16/h3-5,7-8,15,17-23,25,27,29-31H,6,9-14H2,1-2H3,(H,28,32)/t15-,17-,18-,19+,20?,21?,22+,23+,25?/m0/s1. The number of aliphatic hydroxyl groups excluding tert-OH is 3. The van der Waals surface area contributed by atoms with E-state index < -0.39 is 41.3 Å². The highest BCUT2D eigenvalue weighted by molar-refractivity contribution is 7.99. The summed E-state index contributed by atoms with van der Waals surface area (Å²) in [7, 11) is 0. The van der Waals surface area contributed by atoms with Crippen LogP contribution in [-0.4, -0.2) is 81.3 Å². The number of hydrogen-bond donors (Lipinski definition) is 5. The molecule has 2 heterocycles. The van der Waals surface area contributed by atoms with Crippen LogP contribution in [0.5, 0.6) is 0 Å². The summed E-state index contributed by atoms with van der Waals surface area (Å²) in [4.78, 5) is 13.1. The van der Waals surface area contributed by atoms with Crippen LogP contribution >= 0.6 is 23.4 Å². The molecule has 2 fully saturated rings. The fourth-order valence-corrected chi connectivity index (χ4v) is 5.84.